The molecule has 0 aliphatic rings. The van der Waals surface area contributed by atoms with E-state index in [-0.39, 0.29) is 0 Å². The molecule has 0 spiro atoms. The lowest BCUT2D eigenvalue weighted by Crippen LogP contribution is -1.99. The second-order valence-corrected chi connectivity index (χ2v) is 2.89. The predicted octanol–water partition coefficient (Wildman–Crippen LogP) is 3.04. The summed E-state index contributed by atoms with van der Waals surface area (Å²) in [6, 6.07) is 1.93. The van der Waals surface area contributed by atoms with Gasteiger partial charge in [0.1, 0.15) is 6.07 Å². The van der Waals surface area contributed by atoms with Crippen molar-refractivity contribution in [3.8, 4) is 6.07 Å². The summed E-state index contributed by atoms with van der Waals surface area (Å²) in [6.45, 7) is 12.7. The number of nitrogens with zero attached hydrogens (tertiary/aromatic N) is 3. The molecule has 0 rings (SSSR count). The minimum absolute atomic E-state index is 0.336. The highest BCUT2D eigenvalue weighted by molar-refractivity contribution is 6.10. The van der Waals surface area contributed by atoms with Crippen molar-refractivity contribution >= 4 is 11.5 Å². The lowest BCUT2D eigenvalue weighted by Gasteiger charge is -1.97. The third kappa shape index (κ3) is 4.72. The first kappa shape index (κ1) is 13.1. The topological polar surface area (TPSA) is 48.5 Å². The minimum Gasteiger partial charge on any atom is -0.234 e. The second-order valence-electron chi connectivity index (χ2n) is 2.89. The van der Waals surface area contributed by atoms with Crippen molar-refractivity contribution in [2.24, 2.45) is 9.98 Å². The van der Waals surface area contributed by atoms with Gasteiger partial charge in [0.05, 0.1) is 11.3 Å². The molecule has 0 amide bonds. The fraction of sp³-hybridized carbons (Fsp3) is 0.250. The number of allylic oxidation sites excluding steroid dienone is 3. The number of rotatable bonds is 3. The van der Waals surface area contributed by atoms with Crippen LogP contribution in [0, 0.1) is 11.3 Å². The SMILES string of the molecule is C=CC(=N/C(C)=C/C)N=C(C)C(=C)C#N. The first-order chi connectivity index (χ1) is 7.04. The molecule has 0 aromatic rings. The molecule has 0 fully saturated rings. The first-order valence-corrected chi connectivity index (χ1v) is 4.53. The zero-order valence-corrected chi connectivity index (χ0v) is 9.41. The maximum atomic E-state index is 8.61. The molecule has 0 aromatic heterocycles. The maximum Gasteiger partial charge on any atom is 0.151 e. The van der Waals surface area contributed by atoms with Crippen LogP contribution >= 0.6 is 0 Å². The summed E-state index contributed by atoms with van der Waals surface area (Å²) in [5, 5.41) is 8.61. The average Bonchev–Trinajstić information content (AvgIpc) is 2.26. The Morgan fingerprint density at radius 1 is 1.33 bits per heavy atom. The number of amidine groups is 1. The van der Waals surface area contributed by atoms with Crippen molar-refractivity contribution in [1.82, 2.24) is 0 Å². The van der Waals surface area contributed by atoms with Crippen LogP contribution in [-0.4, -0.2) is 11.5 Å². The van der Waals surface area contributed by atoms with E-state index in [4.69, 9.17) is 5.26 Å². The smallest absolute Gasteiger partial charge is 0.151 e. The van der Waals surface area contributed by atoms with Gasteiger partial charge in [0.25, 0.3) is 0 Å². The molecule has 3 nitrogen and oxygen atoms in total. The van der Waals surface area contributed by atoms with Crippen molar-refractivity contribution in [1.29, 1.82) is 5.26 Å². The Hall–Kier alpha value is -1.95. The Labute approximate surface area is 90.9 Å². The van der Waals surface area contributed by atoms with E-state index in [1.54, 1.807) is 13.0 Å². The maximum absolute atomic E-state index is 8.61. The molecule has 0 aliphatic carbocycles. The van der Waals surface area contributed by atoms with Crippen LogP contribution in [-0.2, 0) is 0 Å². The van der Waals surface area contributed by atoms with Crippen LogP contribution in [0.25, 0.3) is 0 Å². The zero-order chi connectivity index (χ0) is 11.8. The van der Waals surface area contributed by atoms with Crippen molar-refractivity contribution in [2.75, 3.05) is 0 Å². The number of hydrogen-bond acceptors (Lipinski definition) is 2. The quantitative estimate of drug-likeness (QED) is 0.393. The molecule has 0 bridgehead atoms. The molecular formula is C12H15N3. The Morgan fingerprint density at radius 3 is 2.33 bits per heavy atom. The lowest BCUT2D eigenvalue weighted by atomic mass is 10.2. The van der Waals surface area contributed by atoms with Gasteiger partial charge in [0.2, 0.25) is 0 Å². The summed E-state index contributed by atoms with van der Waals surface area (Å²) in [7, 11) is 0. The average molecular weight is 201 g/mol. The van der Waals surface area contributed by atoms with E-state index in [1.165, 1.54) is 0 Å². The van der Waals surface area contributed by atoms with Gasteiger partial charge in [-0.1, -0.05) is 19.2 Å². The summed E-state index contributed by atoms with van der Waals surface area (Å²) in [5.74, 6) is 0.486. The molecule has 0 aliphatic heterocycles. The van der Waals surface area contributed by atoms with Gasteiger partial charge in [0, 0.05) is 5.70 Å². The molecule has 0 atom stereocenters. The summed E-state index contributed by atoms with van der Waals surface area (Å²) < 4.78 is 0. The summed E-state index contributed by atoms with van der Waals surface area (Å²) in [4.78, 5) is 8.33. The molecule has 0 N–H and O–H groups in total. The highest BCUT2D eigenvalue weighted by Crippen LogP contribution is 1.99. The van der Waals surface area contributed by atoms with Crippen LogP contribution in [0.1, 0.15) is 20.8 Å². The largest absolute Gasteiger partial charge is 0.234 e. The highest BCUT2D eigenvalue weighted by atomic mass is 14.9. The van der Waals surface area contributed by atoms with Gasteiger partial charge in [-0.2, -0.15) is 5.26 Å². The van der Waals surface area contributed by atoms with Crippen LogP contribution in [0.3, 0.4) is 0 Å². The second kappa shape index (κ2) is 6.50. The standard InChI is InChI=1S/C12H15N3/c1-6-10(4)14-12(7-2)15-11(5)9(3)8-13/h6-7H,2-3H2,1,4-5H3/b10-6+,14-12?,15-11?. The number of aliphatic imine (C=N–C) groups is 2. The zero-order valence-electron chi connectivity index (χ0n) is 9.41. The molecule has 0 saturated carbocycles. The summed E-state index contributed by atoms with van der Waals surface area (Å²) in [6.07, 6.45) is 3.41. The first-order valence-electron chi connectivity index (χ1n) is 4.53. The van der Waals surface area contributed by atoms with E-state index in [1.807, 2.05) is 26.0 Å². The van der Waals surface area contributed by atoms with Crippen LogP contribution in [0.4, 0.5) is 0 Å². The van der Waals surface area contributed by atoms with E-state index in [2.05, 4.69) is 23.1 Å². The Morgan fingerprint density at radius 2 is 1.93 bits per heavy atom. The van der Waals surface area contributed by atoms with Crippen molar-refractivity contribution in [2.45, 2.75) is 20.8 Å². The monoisotopic (exact) mass is 201 g/mol. The van der Waals surface area contributed by atoms with Gasteiger partial charge in [-0.3, -0.25) is 0 Å². The van der Waals surface area contributed by atoms with E-state index < -0.39 is 0 Å². The third-order valence-electron chi connectivity index (χ3n) is 1.75. The molecule has 0 unspecified atom stereocenters. The third-order valence-corrected chi connectivity index (χ3v) is 1.75. The number of hydrogen-bond donors (Lipinski definition) is 0. The molecule has 78 valence electrons. The van der Waals surface area contributed by atoms with Crippen LogP contribution in [0.2, 0.25) is 0 Å². The van der Waals surface area contributed by atoms with Gasteiger partial charge in [-0.25, -0.2) is 9.98 Å². The fourth-order valence-corrected chi connectivity index (χ4v) is 0.682. The van der Waals surface area contributed by atoms with Crippen LogP contribution < -0.4 is 0 Å². The minimum atomic E-state index is 0.336. The predicted molar refractivity (Wildman–Crippen MR) is 64.9 cm³/mol. The van der Waals surface area contributed by atoms with Crippen LogP contribution in [0.15, 0.2) is 46.6 Å². The lowest BCUT2D eigenvalue weighted by molar-refractivity contribution is 1.27. The fourth-order valence-electron chi connectivity index (χ4n) is 0.682. The summed E-state index contributed by atoms with van der Waals surface area (Å²) >= 11 is 0. The van der Waals surface area contributed by atoms with Gasteiger partial charge in [-0.05, 0) is 26.8 Å². The molecule has 0 radical (unpaired) electrons. The molecule has 0 saturated heterocycles. The highest BCUT2D eigenvalue weighted by Gasteiger charge is 1.98. The van der Waals surface area contributed by atoms with Crippen molar-refractivity contribution in [3.05, 3.63) is 36.6 Å². The van der Waals surface area contributed by atoms with E-state index in [0.717, 1.165) is 5.70 Å². The normalized spacial score (nSPS) is 13.3. The van der Waals surface area contributed by atoms with Gasteiger partial charge in [0.15, 0.2) is 5.84 Å². The molecular weight excluding hydrogens is 186 g/mol. The Kier molecular flexibility index (Phi) is 5.65. The summed E-state index contributed by atoms with van der Waals surface area (Å²) in [5.41, 5.74) is 1.74. The molecule has 0 aromatic carbocycles. The van der Waals surface area contributed by atoms with E-state index in [9.17, 15) is 0 Å². The van der Waals surface area contributed by atoms with Crippen molar-refractivity contribution < 1.29 is 0 Å². The number of nitriles is 1. The Bertz CT molecular complexity index is 390. The van der Waals surface area contributed by atoms with Gasteiger partial charge < -0.3 is 0 Å². The van der Waals surface area contributed by atoms with E-state index in [0.29, 0.717) is 17.1 Å². The molecule has 0 heterocycles. The van der Waals surface area contributed by atoms with Crippen molar-refractivity contribution in [3.63, 3.8) is 0 Å². The molecule has 3 heteroatoms. The molecule has 15 heavy (non-hydrogen) atoms. The van der Waals surface area contributed by atoms with Crippen LogP contribution in [0.5, 0.6) is 0 Å². The Balaban J connectivity index is 5.05. The van der Waals surface area contributed by atoms with E-state index >= 15 is 0 Å². The van der Waals surface area contributed by atoms with Gasteiger partial charge in [-0.15, -0.1) is 0 Å². The van der Waals surface area contributed by atoms with Gasteiger partial charge >= 0.3 is 0 Å².